The van der Waals surface area contributed by atoms with E-state index in [2.05, 4.69) is 12.1 Å². The predicted molar refractivity (Wildman–Crippen MR) is 53.4 cm³/mol. The van der Waals surface area contributed by atoms with Crippen LogP contribution in [-0.2, 0) is 0 Å². The third kappa shape index (κ3) is 2.89. The summed E-state index contributed by atoms with van der Waals surface area (Å²) in [4.78, 5) is 0. The van der Waals surface area contributed by atoms with Gasteiger partial charge in [0.25, 0.3) is 0 Å². The minimum absolute atomic E-state index is 0.0604. The summed E-state index contributed by atoms with van der Waals surface area (Å²) in [6.07, 6.45) is 5.97. The zero-order valence-corrected chi connectivity index (χ0v) is 7.27. The van der Waals surface area contributed by atoms with E-state index >= 15 is 0 Å². The zero-order chi connectivity index (χ0) is 8.81. The van der Waals surface area contributed by atoms with Gasteiger partial charge in [0.15, 0.2) is 0 Å². The Morgan fingerprint density at radius 2 is 1.92 bits per heavy atom. The molecule has 0 saturated heterocycles. The maximum absolute atomic E-state index is 5.68. The van der Waals surface area contributed by atoms with Crippen LogP contribution in [0.2, 0.25) is 0 Å². The van der Waals surface area contributed by atoms with Gasteiger partial charge in [0, 0.05) is 6.04 Å². The van der Waals surface area contributed by atoms with E-state index in [-0.39, 0.29) is 6.04 Å². The van der Waals surface area contributed by atoms with Gasteiger partial charge in [-0.15, -0.1) is 0 Å². The third-order valence-electron chi connectivity index (χ3n) is 1.70. The summed E-state index contributed by atoms with van der Waals surface area (Å²) in [5.74, 6) is 0. The first-order chi connectivity index (χ1) is 5.83. The second-order valence-electron chi connectivity index (χ2n) is 2.68. The lowest BCUT2D eigenvalue weighted by atomic mass is 10.1. The van der Waals surface area contributed by atoms with Crippen LogP contribution in [0, 0.1) is 6.42 Å². The normalized spacial score (nSPS) is 13.5. The van der Waals surface area contributed by atoms with Crippen molar-refractivity contribution in [1.82, 2.24) is 0 Å². The van der Waals surface area contributed by atoms with Gasteiger partial charge in [-0.2, -0.15) is 0 Å². The van der Waals surface area contributed by atoms with Gasteiger partial charge in [-0.25, -0.2) is 0 Å². The van der Waals surface area contributed by atoms with E-state index in [4.69, 9.17) is 5.73 Å². The van der Waals surface area contributed by atoms with Crippen molar-refractivity contribution >= 4 is 6.08 Å². The summed E-state index contributed by atoms with van der Waals surface area (Å²) < 4.78 is 0. The van der Waals surface area contributed by atoms with E-state index in [1.165, 1.54) is 5.56 Å². The maximum atomic E-state index is 5.68. The highest BCUT2D eigenvalue weighted by Crippen LogP contribution is 2.01. The molecule has 1 radical (unpaired) electrons. The fourth-order valence-electron chi connectivity index (χ4n) is 0.897. The van der Waals surface area contributed by atoms with Crippen LogP contribution < -0.4 is 5.73 Å². The molecule has 0 saturated carbocycles. The molecule has 0 spiro atoms. The highest BCUT2D eigenvalue weighted by atomic mass is 14.6. The van der Waals surface area contributed by atoms with E-state index < -0.39 is 0 Å². The molecule has 1 aromatic rings. The first-order valence-electron chi connectivity index (χ1n) is 4.11. The molecular weight excluding hydrogens is 146 g/mol. The molecule has 12 heavy (non-hydrogen) atoms. The summed E-state index contributed by atoms with van der Waals surface area (Å²) in [6.45, 7) is 1.96. The van der Waals surface area contributed by atoms with Crippen LogP contribution in [0.3, 0.4) is 0 Å². The van der Waals surface area contributed by atoms with Crippen LogP contribution in [0.4, 0.5) is 0 Å². The SMILES string of the molecule is C[CH]C(N)C=Cc1ccccc1. The van der Waals surface area contributed by atoms with E-state index in [1.54, 1.807) is 0 Å². The predicted octanol–water partition coefficient (Wildman–Crippen LogP) is 2.25. The number of benzene rings is 1. The molecule has 0 bridgehead atoms. The molecule has 0 aliphatic carbocycles. The quantitative estimate of drug-likeness (QED) is 0.721. The fourth-order valence-corrected chi connectivity index (χ4v) is 0.897. The molecule has 0 aliphatic heterocycles. The molecule has 2 N–H and O–H groups in total. The molecule has 0 amide bonds. The Labute approximate surface area is 73.9 Å². The Balaban J connectivity index is 2.58. The van der Waals surface area contributed by atoms with Gasteiger partial charge < -0.3 is 5.73 Å². The molecule has 1 rings (SSSR count). The van der Waals surface area contributed by atoms with Gasteiger partial charge in [-0.3, -0.25) is 0 Å². The maximum Gasteiger partial charge on any atom is 0.0256 e. The summed E-state index contributed by atoms with van der Waals surface area (Å²) in [5.41, 5.74) is 6.87. The Morgan fingerprint density at radius 3 is 2.50 bits per heavy atom. The molecule has 1 aromatic carbocycles. The second kappa shape index (κ2) is 4.73. The van der Waals surface area contributed by atoms with Crippen molar-refractivity contribution in [2.45, 2.75) is 13.0 Å². The topological polar surface area (TPSA) is 26.0 Å². The Morgan fingerprint density at radius 1 is 1.25 bits per heavy atom. The van der Waals surface area contributed by atoms with Crippen LogP contribution in [0.15, 0.2) is 36.4 Å². The number of hydrogen-bond donors (Lipinski definition) is 1. The standard InChI is InChI=1S/C11H14N/c1-2-11(12)9-8-10-6-4-3-5-7-10/h2-9,11H,12H2,1H3. The minimum atomic E-state index is 0.0604. The van der Waals surface area contributed by atoms with Crippen LogP contribution in [0.5, 0.6) is 0 Å². The lowest BCUT2D eigenvalue weighted by Crippen LogP contribution is -2.15. The van der Waals surface area contributed by atoms with Crippen molar-refractivity contribution in [3.63, 3.8) is 0 Å². The van der Waals surface area contributed by atoms with Crippen LogP contribution in [0.1, 0.15) is 12.5 Å². The lowest BCUT2D eigenvalue weighted by Gasteiger charge is -1.99. The van der Waals surface area contributed by atoms with Crippen LogP contribution in [-0.4, -0.2) is 6.04 Å². The molecule has 0 fully saturated rings. The molecule has 63 valence electrons. The molecule has 0 aromatic heterocycles. The van der Waals surface area contributed by atoms with Crippen molar-refractivity contribution in [3.8, 4) is 0 Å². The van der Waals surface area contributed by atoms with E-state index in [1.807, 2.05) is 43.7 Å². The van der Waals surface area contributed by atoms with Gasteiger partial charge in [0.05, 0.1) is 0 Å². The first kappa shape index (κ1) is 9.01. The van der Waals surface area contributed by atoms with Crippen molar-refractivity contribution in [3.05, 3.63) is 48.4 Å². The fraction of sp³-hybridized carbons (Fsp3) is 0.182. The molecular formula is C11H14N. The monoisotopic (exact) mass is 160 g/mol. The van der Waals surface area contributed by atoms with Crippen LogP contribution >= 0.6 is 0 Å². The third-order valence-corrected chi connectivity index (χ3v) is 1.70. The summed E-state index contributed by atoms with van der Waals surface area (Å²) in [7, 11) is 0. The highest BCUT2D eigenvalue weighted by molar-refractivity contribution is 5.49. The molecule has 0 aliphatic rings. The van der Waals surface area contributed by atoms with E-state index in [0.717, 1.165) is 0 Å². The number of hydrogen-bond acceptors (Lipinski definition) is 1. The van der Waals surface area contributed by atoms with E-state index in [0.29, 0.717) is 0 Å². The zero-order valence-electron chi connectivity index (χ0n) is 7.27. The van der Waals surface area contributed by atoms with Gasteiger partial charge in [-0.1, -0.05) is 49.4 Å². The highest BCUT2D eigenvalue weighted by Gasteiger charge is 1.90. The van der Waals surface area contributed by atoms with Gasteiger partial charge in [-0.05, 0) is 12.0 Å². The number of rotatable bonds is 3. The van der Waals surface area contributed by atoms with Crippen molar-refractivity contribution in [2.24, 2.45) is 5.73 Å². The average Bonchev–Trinajstić information content (AvgIpc) is 2.16. The van der Waals surface area contributed by atoms with E-state index in [9.17, 15) is 0 Å². The molecule has 1 unspecified atom stereocenters. The molecule has 1 nitrogen and oxygen atoms in total. The number of nitrogens with two attached hydrogens (primary N) is 1. The Hall–Kier alpha value is -1.08. The van der Waals surface area contributed by atoms with Gasteiger partial charge in [0.1, 0.15) is 0 Å². The first-order valence-corrected chi connectivity index (χ1v) is 4.11. The van der Waals surface area contributed by atoms with Gasteiger partial charge >= 0.3 is 0 Å². The molecule has 0 heterocycles. The second-order valence-corrected chi connectivity index (χ2v) is 2.68. The summed E-state index contributed by atoms with van der Waals surface area (Å²) >= 11 is 0. The van der Waals surface area contributed by atoms with Crippen molar-refractivity contribution < 1.29 is 0 Å². The Bertz CT molecular complexity index is 238. The van der Waals surface area contributed by atoms with Crippen molar-refractivity contribution in [2.75, 3.05) is 0 Å². The molecule has 1 atom stereocenters. The average molecular weight is 160 g/mol. The largest absolute Gasteiger partial charge is 0.324 e. The smallest absolute Gasteiger partial charge is 0.0256 e. The van der Waals surface area contributed by atoms with Crippen LogP contribution in [0.25, 0.3) is 6.08 Å². The minimum Gasteiger partial charge on any atom is -0.324 e. The van der Waals surface area contributed by atoms with Crippen molar-refractivity contribution in [1.29, 1.82) is 0 Å². The summed E-state index contributed by atoms with van der Waals surface area (Å²) in [5, 5.41) is 0. The summed E-state index contributed by atoms with van der Waals surface area (Å²) in [6, 6.07) is 10.2. The Kier molecular flexibility index (Phi) is 3.55. The molecule has 1 heteroatoms. The lowest BCUT2D eigenvalue weighted by molar-refractivity contribution is 0.948. The van der Waals surface area contributed by atoms with Gasteiger partial charge in [0.2, 0.25) is 0 Å².